The highest BCUT2D eigenvalue weighted by atomic mass is 19.3. The van der Waals surface area contributed by atoms with Gasteiger partial charge >= 0.3 is 6.61 Å². The molecule has 0 fully saturated rings. The molecule has 0 saturated carbocycles. The molecule has 0 spiro atoms. The van der Waals surface area contributed by atoms with Gasteiger partial charge < -0.3 is 15.2 Å². The molecule has 0 radical (unpaired) electrons. The first-order chi connectivity index (χ1) is 14.0. The Labute approximate surface area is 165 Å². The number of pyridine rings is 1. The van der Waals surface area contributed by atoms with E-state index >= 15 is 0 Å². The van der Waals surface area contributed by atoms with E-state index < -0.39 is 12.5 Å². The quantitative estimate of drug-likeness (QED) is 0.623. The van der Waals surface area contributed by atoms with Gasteiger partial charge in [0.2, 0.25) is 11.7 Å². The van der Waals surface area contributed by atoms with Crippen LogP contribution in [0.15, 0.2) is 48.9 Å². The van der Waals surface area contributed by atoms with Gasteiger partial charge in [-0.15, -0.1) is 0 Å². The molecule has 150 valence electrons. The molecule has 0 aliphatic rings. The predicted octanol–water partition coefficient (Wildman–Crippen LogP) is 3.23. The van der Waals surface area contributed by atoms with Crippen molar-refractivity contribution in [2.45, 2.75) is 20.0 Å². The zero-order valence-electron chi connectivity index (χ0n) is 15.5. The number of hydrogen-bond donors (Lipinski definition) is 1. The number of benzene rings is 1. The summed E-state index contributed by atoms with van der Waals surface area (Å²) in [6, 6.07) is 8.17. The van der Waals surface area contributed by atoms with E-state index in [1.807, 2.05) is 13.0 Å². The smallest absolute Gasteiger partial charge is 0.387 e. The lowest BCUT2D eigenvalue weighted by atomic mass is 10.0. The predicted molar refractivity (Wildman–Crippen MR) is 101 cm³/mol. The van der Waals surface area contributed by atoms with Crippen LogP contribution in [0.3, 0.4) is 0 Å². The molecule has 29 heavy (non-hydrogen) atoms. The maximum atomic E-state index is 12.5. The minimum Gasteiger partial charge on any atom is -0.478 e. The first kappa shape index (κ1) is 20.1. The van der Waals surface area contributed by atoms with E-state index in [0.717, 1.165) is 11.1 Å². The van der Waals surface area contributed by atoms with E-state index in [-0.39, 0.29) is 11.6 Å². The summed E-state index contributed by atoms with van der Waals surface area (Å²) < 4.78 is 35.1. The standard InChI is InChI=1S/C20H18F2N4O3/c1-2-28-19-16(14-4-3-5-15(8-14)29-20(21)22)7-12(9-26-19)6-13-10-24-18(17(23)27)25-11-13/h3-5,7-11,20H,2,6H2,1H3,(H2,23,27). The van der Waals surface area contributed by atoms with Crippen molar-refractivity contribution in [3.63, 3.8) is 0 Å². The van der Waals surface area contributed by atoms with Crippen LogP contribution < -0.4 is 15.2 Å². The second-order valence-electron chi connectivity index (χ2n) is 5.99. The highest BCUT2D eigenvalue weighted by Crippen LogP contribution is 2.32. The SMILES string of the molecule is CCOc1ncc(Cc2cnc(C(N)=O)nc2)cc1-c1cccc(OC(F)F)c1. The van der Waals surface area contributed by atoms with Gasteiger partial charge in [-0.3, -0.25) is 4.79 Å². The van der Waals surface area contributed by atoms with Crippen LogP contribution in [0, 0.1) is 0 Å². The van der Waals surface area contributed by atoms with Crippen molar-refractivity contribution >= 4 is 5.91 Å². The fraction of sp³-hybridized carbons (Fsp3) is 0.200. The van der Waals surface area contributed by atoms with Gasteiger partial charge in [0.05, 0.1) is 6.61 Å². The average molecular weight is 400 g/mol. The van der Waals surface area contributed by atoms with Gasteiger partial charge in [0, 0.05) is 30.6 Å². The topological polar surface area (TPSA) is 100 Å². The number of primary amides is 1. The van der Waals surface area contributed by atoms with Crippen molar-refractivity contribution < 1.29 is 23.0 Å². The Morgan fingerprint density at radius 3 is 2.48 bits per heavy atom. The van der Waals surface area contributed by atoms with E-state index in [9.17, 15) is 13.6 Å². The van der Waals surface area contributed by atoms with E-state index in [1.54, 1.807) is 18.3 Å². The monoisotopic (exact) mass is 400 g/mol. The van der Waals surface area contributed by atoms with E-state index in [2.05, 4.69) is 19.7 Å². The summed E-state index contributed by atoms with van der Waals surface area (Å²) in [5, 5.41) is 0. The minimum absolute atomic E-state index is 0.0424. The second-order valence-corrected chi connectivity index (χ2v) is 5.99. The highest BCUT2D eigenvalue weighted by molar-refractivity contribution is 5.88. The van der Waals surface area contributed by atoms with Gasteiger partial charge in [0.25, 0.3) is 5.91 Å². The zero-order valence-corrected chi connectivity index (χ0v) is 15.5. The lowest BCUT2D eigenvalue weighted by molar-refractivity contribution is -0.0498. The van der Waals surface area contributed by atoms with Crippen LogP contribution in [0.25, 0.3) is 11.1 Å². The average Bonchev–Trinajstić information content (AvgIpc) is 2.69. The lowest BCUT2D eigenvalue weighted by Crippen LogP contribution is -2.15. The van der Waals surface area contributed by atoms with Gasteiger partial charge in [0.1, 0.15) is 5.75 Å². The molecule has 3 rings (SSSR count). The van der Waals surface area contributed by atoms with E-state index in [1.165, 1.54) is 24.5 Å². The number of amides is 1. The third kappa shape index (κ3) is 5.22. The molecule has 2 heterocycles. The van der Waals surface area contributed by atoms with Gasteiger partial charge in [0.15, 0.2) is 0 Å². The molecule has 0 unspecified atom stereocenters. The number of nitrogens with two attached hydrogens (primary N) is 1. The summed E-state index contributed by atoms with van der Waals surface area (Å²) in [6.45, 7) is -0.688. The number of hydrogen-bond acceptors (Lipinski definition) is 6. The third-order valence-electron chi connectivity index (χ3n) is 3.89. The summed E-state index contributed by atoms with van der Waals surface area (Å²) in [6.07, 6.45) is 5.12. The Hall–Kier alpha value is -3.62. The number of halogens is 2. The Bertz CT molecular complexity index is 997. The molecule has 9 heteroatoms. The van der Waals surface area contributed by atoms with Crippen LogP contribution in [-0.4, -0.2) is 34.1 Å². The van der Waals surface area contributed by atoms with Crippen molar-refractivity contribution in [1.29, 1.82) is 0 Å². The van der Waals surface area contributed by atoms with Gasteiger partial charge in [-0.1, -0.05) is 12.1 Å². The molecular weight excluding hydrogens is 382 g/mol. The lowest BCUT2D eigenvalue weighted by Gasteiger charge is -2.13. The molecule has 0 saturated heterocycles. The van der Waals surface area contributed by atoms with Crippen LogP contribution in [0.4, 0.5) is 8.78 Å². The molecule has 2 N–H and O–H groups in total. The summed E-state index contributed by atoms with van der Waals surface area (Å²) in [5.41, 5.74) is 7.98. The van der Waals surface area contributed by atoms with Crippen molar-refractivity contribution in [3.8, 4) is 22.8 Å². The maximum absolute atomic E-state index is 12.5. The van der Waals surface area contributed by atoms with Crippen molar-refractivity contribution in [3.05, 3.63) is 65.9 Å². The fourth-order valence-electron chi connectivity index (χ4n) is 2.70. The Balaban J connectivity index is 1.92. The summed E-state index contributed by atoms with van der Waals surface area (Å²) in [5.74, 6) is -0.339. The molecule has 1 aromatic carbocycles. The second kappa shape index (κ2) is 9.05. The molecule has 1 amide bonds. The highest BCUT2D eigenvalue weighted by Gasteiger charge is 2.13. The van der Waals surface area contributed by atoms with Gasteiger partial charge in [-0.2, -0.15) is 8.78 Å². The van der Waals surface area contributed by atoms with E-state index in [0.29, 0.717) is 30.0 Å². The Morgan fingerprint density at radius 2 is 1.83 bits per heavy atom. The largest absolute Gasteiger partial charge is 0.478 e. The number of carbonyl (C=O) groups excluding carboxylic acids is 1. The first-order valence-corrected chi connectivity index (χ1v) is 8.74. The Morgan fingerprint density at radius 1 is 1.10 bits per heavy atom. The number of ether oxygens (including phenoxy) is 2. The van der Waals surface area contributed by atoms with Crippen LogP contribution >= 0.6 is 0 Å². The molecular formula is C20H18F2N4O3. The number of nitrogens with zero attached hydrogens (tertiary/aromatic N) is 3. The third-order valence-corrected chi connectivity index (χ3v) is 3.89. The van der Waals surface area contributed by atoms with E-state index in [4.69, 9.17) is 10.5 Å². The van der Waals surface area contributed by atoms with Crippen molar-refractivity contribution in [1.82, 2.24) is 15.0 Å². The van der Waals surface area contributed by atoms with Crippen molar-refractivity contribution in [2.24, 2.45) is 5.73 Å². The van der Waals surface area contributed by atoms with Crippen LogP contribution in [0.2, 0.25) is 0 Å². The maximum Gasteiger partial charge on any atom is 0.387 e. The van der Waals surface area contributed by atoms with Crippen molar-refractivity contribution in [2.75, 3.05) is 6.61 Å². The molecule has 0 aliphatic carbocycles. The molecule has 0 aliphatic heterocycles. The van der Waals surface area contributed by atoms with Crippen LogP contribution in [-0.2, 0) is 6.42 Å². The molecule has 3 aromatic rings. The molecule has 0 atom stereocenters. The first-order valence-electron chi connectivity index (χ1n) is 8.74. The summed E-state index contributed by atoms with van der Waals surface area (Å²) in [7, 11) is 0. The summed E-state index contributed by atoms with van der Waals surface area (Å²) >= 11 is 0. The number of carbonyl (C=O) groups is 1. The van der Waals surface area contributed by atoms with Crippen LogP contribution in [0.5, 0.6) is 11.6 Å². The number of rotatable bonds is 8. The molecule has 7 nitrogen and oxygen atoms in total. The zero-order chi connectivity index (χ0) is 20.8. The minimum atomic E-state index is -2.91. The van der Waals surface area contributed by atoms with Crippen LogP contribution in [0.1, 0.15) is 28.7 Å². The molecule has 0 bridgehead atoms. The normalized spacial score (nSPS) is 10.8. The number of aromatic nitrogens is 3. The Kier molecular flexibility index (Phi) is 6.28. The molecule has 2 aromatic heterocycles. The van der Waals surface area contributed by atoms with Gasteiger partial charge in [-0.25, -0.2) is 15.0 Å². The number of alkyl halides is 2. The summed E-state index contributed by atoms with van der Waals surface area (Å²) in [4.78, 5) is 23.3. The fourth-order valence-corrected chi connectivity index (χ4v) is 2.70. The van der Waals surface area contributed by atoms with Gasteiger partial charge in [-0.05, 0) is 41.8 Å².